The largest absolute Gasteiger partial charge is 0.354 e. The van der Waals surface area contributed by atoms with Crippen LogP contribution in [0.1, 0.15) is 42.1 Å². The average molecular weight is 309 g/mol. The van der Waals surface area contributed by atoms with Crippen molar-refractivity contribution >= 4 is 17.5 Å². The van der Waals surface area contributed by atoms with Crippen molar-refractivity contribution < 1.29 is 4.79 Å². The fourth-order valence-corrected chi connectivity index (χ4v) is 1.98. The summed E-state index contributed by atoms with van der Waals surface area (Å²) >= 11 is 0. The van der Waals surface area contributed by atoms with Crippen LogP contribution in [0.25, 0.3) is 0 Å². The molecule has 1 aromatic heterocycles. The van der Waals surface area contributed by atoms with Crippen molar-refractivity contribution in [2.75, 3.05) is 17.2 Å². The van der Waals surface area contributed by atoms with Gasteiger partial charge in [0.15, 0.2) is 0 Å². The first-order valence-electron chi connectivity index (χ1n) is 7.60. The van der Waals surface area contributed by atoms with Gasteiger partial charge in [-0.1, -0.05) is 25.8 Å². The zero-order chi connectivity index (χ0) is 16.5. The first kappa shape index (κ1) is 16.4. The van der Waals surface area contributed by atoms with E-state index in [1.165, 1.54) is 12.4 Å². The van der Waals surface area contributed by atoms with Crippen LogP contribution in [0.15, 0.2) is 36.7 Å². The van der Waals surface area contributed by atoms with E-state index in [1.54, 1.807) is 24.3 Å². The van der Waals surface area contributed by atoms with Gasteiger partial charge < -0.3 is 10.6 Å². The minimum Gasteiger partial charge on any atom is -0.354 e. The van der Waals surface area contributed by atoms with Crippen LogP contribution in [-0.4, -0.2) is 22.4 Å². The van der Waals surface area contributed by atoms with Crippen molar-refractivity contribution in [1.29, 1.82) is 5.26 Å². The van der Waals surface area contributed by atoms with Crippen LogP contribution in [0.2, 0.25) is 0 Å². The molecule has 1 amide bonds. The van der Waals surface area contributed by atoms with Crippen LogP contribution in [0.4, 0.5) is 11.6 Å². The number of carbonyl (C=O) groups excluding carboxylic acids is 1. The standard InChI is InChI=1S/C17H19N5O/c1-2-3-4-8-19-17-20-11-14(12-21-17)16(23)22-15-7-5-6-13(9-15)10-18/h5-7,9,11-12H,2-4,8H2,1H3,(H,22,23)(H,19,20,21). The summed E-state index contributed by atoms with van der Waals surface area (Å²) < 4.78 is 0. The van der Waals surface area contributed by atoms with E-state index in [2.05, 4.69) is 27.5 Å². The van der Waals surface area contributed by atoms with Gasteiger partial charge in [-0.05, 0) is 24.6 Å². The maximum atomic E-state index is 12.1. The first-order chi connectivity index (χ1) is 11.2. The molecule has 2 rings (SSSR count). The van der Waals surface area contributed by atoms with Crippen molar-refractivity contribution in [2.45, 2.75) is 26.2 Å². The van der Waals surface area contributed by atoms with Gasteiger partial charge in [0.2, 0.25) is 5.95 Å². The molecule has 0 radical (unpaired) electrons. The zero-order valence-electron chi connectivity index (χ0n) is 13.0. The third-order valence-corrected chi connectivity index (χ3v) is 3.23. The molecule has 2 N–H and O–H groups in total. The summed E-state index contributed by atoms with van der Waals surface area (Å²) in [7, 11) is 0. The van der Waals surface area contributed by atoms with E-state index >= 15 is 0 Å². The zero-order valence-corrected chi connectivity index (χ0v) is 13.0. The molecule has 118 valence electrons. The maximum Gasteiger partial charge on any atom is 0.258 e. The molecule has 0 fully saturated rings. The van der Waals surface area contributed by atoms with Gasteiger partial charge in [0.1, 0.15) is 0 Å². The van der Waals surface area contributed by atoms with Gasteiger partial charge in [0, 0.05) is 24.6 Å². The summed E-state index contributed by atoms with van der Waals surface area (Å²) in [4.78, 5) is 20.4. The Labute approximate surface area is 135 Å². The summed E-state index contributed by atoms with van der Waals surface area (Å²) in [5.74, 6) is 0.210. The molecule has 1 aromatic carbocycles. The Morgan fingerprint density at radius 2 is 2.04 bits per heavy atom. The van der Waals surface area contributed by atoms with Gasteiger partial charge >= 0.3 is 0 Å². The number of nitriles is 1. The lowest BCUT2D eigenvalue weighted by Crippen LogP contribution is -2.13. The number of nitrogens with zero attached hydrogens (tertiary/aromatic N) is 3. The second-order valence-electron chi connectivity index (χ2n) is 5.08. The van der Waals surface area contributed by atoms with Crippen LogP contribution in [-0.2, 0) is 0 Å². The highest BCUT2D eigenvalue weighted by atomic mass is 16.1. The van der Waals surface area contributed by atoms with E-state index in [4.69, 9.17) is 5.26 Å². The molecule has 6 heteroatoms. The predicted octanol–water partition coefficient (Wildman–Crippen LogP) is 3.20. The van der Waals surface area contributed by atoms with Gasteiger partial charge in [-0.2, -0.15) is 5.26 Å². The van der Waals surface area contributed by atoms with E-state index in [-0.39, 0.29) is 5.91 Å². The first-order valence-corrected chi connectivity index (χ1v) is 7.60. The number of unbranched alkanes of at least 4 members (excludes halogenated alkanes) is 2. The second kappa shape index (κ2) is 8.49. The topological polar surface area (TPSA) is 90.7 Å². The van der Waals surface area contributed by atoms with Gasteiger partial charge in [-0.15, -0.1) is 0 Å². The van der Waals surface area contributed by atoms with Crippen molar-refractivity contribution in [3.05, 3.63) is 47.8 Å². The number of anilines is 2. The molecule has 23 heavy (non-hydrogen) atoms. The third kappa shape index (κ3) is 5.08. The molecule has 0 bridgehead atoms. The quantitative estimate of drug-likeness (QED) is 0.766. The second-order valence-corrected chi connectivity index (χ2v) is 5.08. The molecule has 2 aromatic rings. The van der Waals surface area contributed by atoms with Crippen LogP contribution < -0.4 is 10.6 Å². The number of rotatable bonds is 7. The summed E-state index contributed by atoms with van der Waals surface area (Å²) in [5.41, 5.74) is 1.42. The number of amides is 1. The number of aromatic nitrogens is 2. The van der Waals surface area contributed by atoms with E-state index in [1.807, 2.05) is 6.07 Å². The van der Waals surface area contributed by atoms with Crippen LogP contribution in [0.5, 0.6) is 0 Å². The molecule has 0 aliphatic rings. The lowest BCUT2D eigenvalue weighted by molar-refractivity contribution is 0.102. The minimum atomic E-state index is -0.308. The normalized spacial score (nSPS) is 9.91. The predicted molar refractivity (Wildman–Crippen MR) is 89.2 cm³/mol. The molecule has 6 nitrogen and oxygen atoms in total. The Balaban J connectivity index is 1.93. The van der Waals surface area contributed by atoms with Gasteiger partial charge in [0.25, 0.3) is 5.91 Å². The summed E-state index contributed by atoms with van der Waals surface area (Å²) in [6, 6.07) is 8.77. The van der Waals surface area contributed by atoms with Crippen molar-refractivity contribution in [2.24, 2.45) is 0 Å². The summed E-state index contributed by atoms with van der Waals surface area (Å²) in [6.07, 6.45) is 6.36. The molecule has 0 aliphatic carbocycles. The average Bonchev–Trinajstić information content (AvgIpc) is 2.59. The third-order valence-electron chi connectivity index (χ3n) is 3.23. The fraction of sp³-hybridized carbons (Fsp3) is 0.294. The van der Waals surface area contributed by atoms with Gasteiger partial charge in [0.05, 0.1) is 17.2 Å². The molecular weight excluding hydrogens is 290 g/mol. The van der Waals surface area contributed by atoms with E-state index in [0.717, 1.165) is 25.8 Å². The van der Waals surface area contributed by atoms with E-state index < -0.39 is 0 Å². The monoisotopic (exact) mass is 309 g/mol. The lowest BCUT2D eigenvalue weighted by Gasteiger charge is -2.06. The van der Waals surface area contributed by atoms with Crippen LogP contribution in [0.3, 0.4) is 0 Å². The molecule has 0 atom stereocenters. The number of carbonyl (C=O) groups is 1. The highest BCUT2D eigenvalue weighted by molar-refractivity contribution is 6.03. The molecule has 0 saturated heterocycles. The fourth-order valence-electron chi connectivity index (χ4n) is 1.98. The number of nitrogens with one attached hydrogen (secondary N) is 2. The highest BCUT2D eigenvalue weighted by Crippen LogP contribution is 2.11. The lowest BCUT2D eigenvalue weighted by atomic mass is 10.2. The van der Waals surface area contributed by atoms with E-state index in [9.17, 15) is 4.79 Å². The van der Waals surface area contributed by atoms with Crippen LogP contribution in [0, 0.1) is 11.3 Å². The SMILES string of the molecule is CCCCCNc1ncc(C(=O)Nc2cccc(C#N)c2)cn1. The number of hydrogen-bond acceptors (Lipinski definition) is 5. The van der Waals surface area contributed by atoms with Crippen molar-refractivity contribution in [1.82, 2.24) is 9.97 Å². The smallest absolute Gasteiger partial charge is 0.258 e. The Hall–Kier alpha value is -2.94. The maximum absolute atomic E-state index is 12.1. The van der Waals surface area contributed by atoms with Crippen molar-refractivity contribution in [3.63, 3.8) is 0 Å². The molecule has 0 unspecified atom stereocenters. The van der Waals surface area contributed by atoms with E-state index in [0.29, 0.717) is 22.8 Å². The van der Waals surface area contributed by atoms with Crippen molar-refractivity contribution in [3.8, 4) is 6.07 Å². The highest BCUT2D eigenvalue weighted by Gasteiger charge is 2.08. The Kier molecular flexibility index (Phi) is 6.07. The molecule has 0 spiro atoms. The Morgan fingerprint density at radius 1 is 1.26 bits per heavy atom. The van der Waals surface area contributed by atoms with Crippen LogP contribution >= 0.6 is 0 Å². The molecule has 1 heterocycles. The molecule has 0 saturated carbocycles. The summed E-state index contributed by atoms with van der Waals surface area (Å²) in [5, 5.41) is 14.7. The van der Waals surface area contributed by atoms with Gasteiger partial charge in [-0.25, -0.2) is 9.97 Å². The summed E-state index contributed by atoms with van der Waals surface area (Å²) in [6.45, 7) is 2.97. The number of hydrogen-bond donors (Lipinski definition) is 2. The minimum absolute atomic E-state index is 0.308. The Morgan fingerprint density at radius 3 is 2.74 bits per heavy atom. The number of benzene rings is 1. The molecular formula is C17H19N5O. The van der Waals surface area contributed by atoms with Gasteiger partial charge in [-0.3, -0.25) is 4.79 Å². The Bertz CT molecular complexity index is 691. The molecule has 0 aliphatic heterocycles.